The number of rotatable bonds is 10. The number of benzene rings is 3. The number of hydrogen-bond acceptors (Lipinski definition) is 5. The van der Waals surface area contributed by atoms with Gasteiger partial charge >= 0.3 is 0 Å². The first-order chi connectivity index (χ1) is 17.1. The number of ether oxygens (including phenoxy) is 3. The topological polar surface area (TPSA) is 85.5 Å². The molecule has 0 radical (unpaired) electrons. The second kappa shape index (κ2) is 11.2. The zero-order valence-corrected chi connectivity index (χ0v) is 20.1. The summed E-state index contributed by atoms with van der Waals surface area (Å²) in [6.45, 7) is 2.34. The van der Waals surface area contributed by atoms with Gasteiger partial charge in [0.1, 0.15) is 12.4 Å². The smallest absolute Gasteiger partial charge is 0.252 e. The minimum atomic E-state index is -0.286. The molecule has 1 atom stereocenters. The Morgan fingerprint density at radius 2 is 1.60 bits per heavy atom. The standard InChI is InChI=1S/C28H29N3O4/c1-4-22(27-29-17-23(30-27)20-13-9-6-10-14-20)31-28(32)21-15-24(33-2)26(25(16-21)34-3)35-18-19-11-7-5-8-12-19/h5-17,22H,4,18H2,1-3H3,(H,29,30)(H,31,32). The molecule has 0 saturated carbocycles. The Balaban J connectivity index is 1.52. The summed E-state index contributed by atoms with van der Waals surface area (Å²) in [4.78, 5) is 21.0. The fourth-order valence-corrected chi connectivity index (χ4v) is 3.77. The van der Waals surface area contributed by atoms with Crippen LogP contribution in [-0.4, -0.2) is 30.1 Å². The molecule has 1 amide bonds. The number of nitrogens with zero attached hydrogens (tertiary/aromatic N) is 1. The monoisotopic (exact) mass is 471 g/mol. The molecule has 0 saturated heterocycles. The molecule has 4 rings (SSSR count). The van der Waals surface area contributed by atoms with Gasteiger partial charge in [0.15, 0.2) is 11.5 Å². The van der Waals surface area contributed by atoms with E-state index in [1.165, 1.54) is 14.2 Å². The average molecular weight is 472 g/mol. The number of carbonyl (C=O) groups is 1. The third kappa shape index (κ3) is 5.63. The Kier molecular flexibility index (Phi) is 7.67. The van der Waals surface area contributed by atoms with Gasteiger partial charge in [-0.1, -0.05) is 67.6 Å². The van der Waals surface area contributed by atoms with Gasteiger partial charge in [0.2, 0.25) is 5.75 Å². The second-order valence-corrected chi connectivity index (χ2v) is 7.97. The maximum absolute atomic E-state index is 13.2. The summed E-state index contributed by atoms with van der Waals surface area (Å²) >= 11 is 0. The molecule has 4 aromatic rings. The number of amides is 1. The zero-order chi connectivity index (χ0) is 24.6. The van der Waals surface area contributed by atoms with Crippen molar-refractivity contribution in [2.45, 2.75) is 26.0 Å². The van der Waals surface area contributed by atoms with E-state index in [0.717, 1.165) is 16.8 Å². The second-order valence-electron chi connectivity index (χ2n) is 7.97. The lowest BCUT2D eigenvalue weighted by atomic mass is 10.1. The van der Waals surface area contributed by atoms with Gasteiger partial charge in [0, 0.05) is 5.56 Å². The van der Waals surface area contributed by atoms with Gasteiger partial charge in [-0.2, -0.15) is 0 Å². The molecule has 3 aromatic carbocycles. The fraction of sp³-hybridized carbons (Fsp3) is 0.214. The molecule has 2 N–H and O–H groups in total. The van der Waals surface area contributed by atoms with E-state index in [1.807, 2.05) is 67.6 Å². The van der Waals surface area contributed by atoms with Crippen LogP contribution >= 0.6 is 0 Å². The summed E-state index contributed by atoms with van der Waals surface area (Å²) in [6.07, 6.45) is 2.45. The van der Waals surface area contributed by atoms with E-state index in [4.69, 9.17) is 14.2 Å². The van der Waals surface area contributed by atoms with E-state index >= 15 is 0 Å². The quantitative estimate of drug-likeness (QED) is 0.317. The largest absolute Gasteiger partial charge is 0.493 e. The molecule has 1 aromatic heterocycles. The average Bonchev–Trinajstić information content (AvgIpc) is 3.41. The van der Waals surface area contributed by atoms with Gasteiger partial charge in [-0.3, -0.25) is 4.79 Å². The summed E-state index contributed by atoms with van der Waals surface area (Å²) in [7, 11) is 3.07. The summed E-state index contributed by atoms with van der Waals surface area (Å²) in [6, 6.07) is 22.8. The summed E-state index contributed by atoms with van der Waals surface area (Å²) in [5, 5.41) is 3.06. The first kappa shape index (κ1) is 23.9. The van der Waals surface area contributed by atoms with E-state index in [-0.39, 0.29) is 11.9 Å². The van der Waals surface area contributed by atoms with Crippen LogP contribution < -0.4 is 19.5 Å². The molecule has 0 aliphatic heterocycles. The van der Waals surface area contributed by atoms with Crippen molar-refractivity contribution in [3.8, 4) is 28.5 Å². The van der Waals surface area contributed by atoms with Crippen LogP contribution in [0.3, 0.4) is 0 Å². The van der Waals surface area contributed by atoms with Crippen molar-refractivity contribution in [1.82, 2.24) is 15.3 Å². The van der Waals surface area contributed by atoms with Crippen molar-refractivity contribution < 1.29 is 19.0 Å². The number of aromatic nitrogens is 2. The first-order valence-electron chi connectivity index (χ1n) is 11.5. The molecule has 180 valence electrons. The summed E-state index contributed by atoms with van der Waals surface area (Å²) in [5.41, 5.74) is 3.35. The van der Waals surface area contributed by atoms with Crippen LogP contribution in [0.5, 0.6) is 17.2 Å². The van der Waals surface area contributed by atoms with Crippen molar-refractivity contribution >= 4 is 5.91 Å². The minimum Gasteiger partial charge on any atom is -0.493 e. The number of nitrogens with one attached hydrogen (secondary N) is 2. The van der Waals surface area contributed by atoms with Crippen LogP contribution in [-0.2, 0) is 6.61 Å². The lowest BCUT2D eigenvalue weighted by Gasteiger charge is -2.18. The van der Waals surface area contributed by atoms with Crippen LogP contribution in [0.15, 0.2) is 79.0 Å². The van der Waals surface area contributed by atoms with Gasteiger partial charge in [0.05, 0.1) is 32.2 Å². The minimum absolute atomic E-state index is 0.263. The normalized spacial score (nSPS) is 11.5. The summed E-state index contributed by atoms with van der Waals surface area (Å²) < 4.78 is 17.1. The third-order valence-corrected chi connectivity index (χ3v) is 5.67. The van der Waals surface area contributed by atoms with Crippen LogP contribution in [0.2, 0.25) is 0 Å². The van der Waals surface area contributed by atoms with Crippen molar-refractivity contribution in [3.05, 3.63) is 95.9 Å². The molecule has 1 unspecified atom stereocenters. The van der Waals surface area contributed by atoms with Gasteiger partial charge < -0.3 is 24.5 Å². The highest BCUT2D eigenvalue weighted by atomic mass is 16.5. The van der Waals surface area contributed by atoms with Crippen LogP contribution in [0.4, 0.5) is 0 Å². The van der Waals surface area contributed by atoms with Crippen molar-refractivity contribution in [2.24, 2.45) is 0 Å². The number of imidazole rings is 1. The molecule has 0 aliphatic carbocycles. The zero-order valence-electron chi connectivity index (χ0n) is 20.1. The lowest BCUT2D eigenvalue weighted by molar-refractivity contribution is 0.0933. The van der Waals surface area contributed by atoms with Crippen LogP contribution in [0.25, 0.3) is 11.3 Å². The van der Waals surface area contributed by atoms with E-state index in [0.29, 0.717) is 41.7 Å². The fourth-order valence-electron chi connectivity index (χ4n) is 3.77. The number of aromatic amines is 1. The number of methoxy groups -OCH3 is 2. The predicted octanol–water partition coefficient (Wildman–Crippen LogP) is 5.55. The van der Waals surface area contributed by atoms with Gasteiger partial charge in [-0.25, -0.2) is 4.98 Å². The van der Waals surface area contributed by atoms with Crippen molar-refractivity contribution in [3.63, 3.8) is 0 Å². The SMILES string of the molecule is CCC(NC(=O)c1cc(OC)c(OCc2ccccc2)c(OC)c1)c1ncc(-c2ccccc2)[nH]1. The maximum Gasteiger partial charge on any atom is 0.252 e. The molecular weight excluding hydrogens is 442 g/mol. The first-order valence-corrected chi connectivity index (χ1v) is 11.5. The summed E-state index contributed by atoms with van der Waals surface area (Å²) in [5.74, 6) is 1.72. The Hall–Kier alpha value is -4.26. The number of carbonyl (C=O) groups excluding carboxylic acids is 1. The maximum atomic E-state index is 13.2. The molecule has 7 nitrogen and oxygen atoms in total. The highest BCUT2D eigenvalue weighted by Crippen LogP contribution is 2.39. The molecule has 0 fully saturated rings. The highest BCUT2D eigenvalue weighted by Gasteiger charge is 2.21. The highest BCUT2D eigenvalue weighted by molar-refractivity contribution is 5.95. The van der Waals surface area contributed by atoms with E-state index < -0.39 is 0 Å². The van der Waals surface area contributed by atoms with E-state index in [2.05, 4.69) is 15.3 Å². The van der Waals surface area contributed by atoms with Gasteiger partial charge in [-0.15, -0.1) is 0 Å². The molecule has 7 heteroatoms. The van der Waals surface area contributed by atoms with E-state index in [1.54, 1.807) is 18.3 Å². The van der Waals surface area contributed by atoms with Crippen LogP contribution in [0, 0.1) is 0 Å². The van der Waals surface area contributed by atoms with Gasteiger partial charge in [0.25, 0.3) is 5.91 Å². The third-order valence-electron chi connectivity index (χ3n) is 5.67. The Labute approximate surface area is 205 Å². The van der Waals surface area contributed by atoms with Crippen molar-refractivity contribution in [2.75, 3.05) is 14.2 Å². The van der Waals surface area contributed by atoms with E-state index in [9.17, 15) is 4.79 Å². The number of hydrogen-bond donors (Lipinski definition) is 2. The Bertz CT molecular complexity index is 1230. The molecule has 35 heavy (non-hydrogen) atoms. The molecule has 0 bridgehead atoms. The predicted molar refractivity (Wildman–Crippen MR) is 135 cm³/mol. The van der Waals surface area contributed by atoms with Gasteiger partial charge in [-0.05, 0) is 29.7 Å². The van der Waals surface area contributed by atoms with Crippen LogP contribution in [0.1, 0.15) is 41.1 Å². The molecule has 0 aliphatic rings. The molecule has 1 heterocycles. The Morgan fingerprint density at radius 3 is 2.20 bits per heavy atom. The molecule has 0 spiro atoms. The lowest BCUT2D eigenvalue weighted by Crippen LogP contribution is -2.29. The van der Waals surface area contributed by atoms with Crippen molar-refractivity contribution in [1.29, 1.82) is 0 Å². The molecular formula is C28H29N3O4. The Morgan fingerprint density at radius 1 is 0.971 bits per heavy atom. The number of H-pyrrole nitrogens is 1.